The van der Waals surface area contributed by atoms with Crippen molar-refractivity contribution in [3.05, 3.63) is 122 Å². The Kier molecular flexibility index (Phi) is 12.8. The highest BCUT2D eigenvalue weighted by Crippen LogP contribution is 2.40. The van der Waals surface area contributed by atoms with Gasteiger partial charge in [0.25, 0.3) is 11.5 Å². The number of piperidine rings is 1. The van der Waals surface area contributed by atoms with Gasteiger partial charge in [0.15, 0.2) is 5.82 Å². The van der Waals surface area contributed by atoms with Crippen LogP contribution < -0.4 is 26.2 Å². The van der Waals surface area contributed by atoms with Gasteiger partial charge < -0.3 is 24.8 Å². The highest BCUT2D eigenvalue weighted by molar-refractivity contribution is 7.15. The number of imide groups is 1. The van der Waals surface area contributed by atoms with E-state index >= 15 is 0 Å². The van der Waals surface area contributed by atoms with E-state index in [-0.39, 0.29) is 31.1 Å². The van der Waals surface area contributed by atoms with Gasteiger partial charge >= 0.3 is 0 Å². The molecule has 2 aliphatic heterocycles. The van der Waals surface area contributed by atoms with E-state index in [2.05, 4.69) is 45.1 Å². The van der Waals surface area contributed by atoms with Gasteiger partial charge in [-0.05, 0) is 69.2 Å². The van der Waals surface area contributed by atoms with Crippen LogP contribution in [0.1, 0.15) is 64.6 Å². The zero-order valence-electron chi connectivity index (χ0n) is 34.3. The molecule has 3 aromatic heterocycles. The van der Waals surface area contributed by atoms with Gasteiger partial charge in [-0.15, -0.1) is 21.5 Å². The lowest BCUT2D eigenvalue weighted by Crippen LogP contribution is -2.45. The molecule has 18 heteroatoms. The second-order valence-electron chi connectivity index (χ2n) is 14.8. The molecule has 3 aromatic carbocycles. The molecule has 2 aliphatic rings. The summed E-state index contributed by atoms with van der Waals surface area (Å²) in [6.45, 7) is 8.34. The van der Waals surface area contributed by atoms with E-state index in [0.717, 1.165) is 43.6 Å². The minimum Gasteiger partial charge on any atom is -0.491 e. The Morgan fingerprint density at radius 3 is 2.53 bits per heavy atom. The number of hydrogen-bond donors (Lipinski definition) is 3. The van der Waals surface area contributed by atoms with Gasteiger partial charge in [-0.1, -0.05) is 35.9 Å². The number of anilines is 2. The molecular formula is C44H44ClN9O7S. The van der Waals surface area contributed by atoms with Crippen molar-refractivity contribution in [3.63, 3.8) is 0 Å². The molecule has 62 heavy (non-hydrogen) atoms. The fraction of sp³-hybridized carbons (Fsp3) is 0.318. The first-order chi connectivity index (χ1) is 30.0. The number of carbonyl (C=O) groups excluding carboxylic acids is 3. The fourth-order valence-corrected chi connectivity index (χ4v) is 8.73. The zero-order valence-corrected chi connectivity index (χ0v) is 35.8. The molecule has 0 aliphatic carbocycles. The monoisotopic (exact) mass is 877 g/mol. The van der Waals surface area contributed by atoms with Crippen molar-refractivity contribution in [2.24, 2.45) is 4.99 Å². The number of benzene rings is 3. The molecule has 6 aromatic rings. The molecular weight excluding hydrogens is 834 g/mol. The summed E-state index contributed by atoms with van der Waals surface area (Å²) in [5.41, 5.74) is 4.70. The average molecular weight is 878 g/mol. The summed E-state index contributed by atoms with van der Waals surface area (Å²) >= 11 is 7.90. The third-order valence-corrected chi connectivity index (χ3v) is 12.1. The van der Waals surface area contributed by atoms with Crippen molar-refractivity contribution in [1.29, 1.82) is 0 Å². The SMILES string of the molecule is Cc1sc2c(c1C)C(c1ccc(Cl)cc1)=N[C@@H](CC(=O)Nc1cccc(OCCOCCOCCNc3ccc4cnn(C5CCC(=O)NC5=O)c(=O)c4c3)c1)c1nnc(C)n1-2. The lowest BCUT2D eigenvalue weighted by atomic mass is 9.99. The van der Waals surface area contributed by atoms with Crippen LogP contribution in [0, 0.1) is 20.8 Å². The first-order valence-electron chi connectivity index (χ1n) is 20.2. The number of nitrogens with zero attached hydrogens (tertiary/aromatic N) is 6. The number of aryl methyl sites for hydroxylation is 2. The third kappa shape index (κ3) is 9.30. The number of amides is 3. The summed E-state index contributed by atoms with van der Waals surface area (Å²) in [4.78, 5) is 57.0. The normalized spacial score (nSPS) is 16.0. The number of carbonyl (C=O) groups is 3. The van der Waals surface area contributed by atoms with E-state index in [1.807, 2.05) is 54.0 Å². The maximum Gasteiger partial charge on any atom is 0.275 e. The summed E-state index contributed by atoms with van der Waals surface area (Å²) in [6, 6.07) is 18.7. The van der Waals surface area contributed by atoms with E-state index in [1.165, 1.54) is 4.88 Å². The number of aromatic nitrogens is 5. The highest BCUT2D eigenvalue weighted by atomic mass is 35.5. The minimum atomic E-state index is -0.828. The van der Waals surface area contributed by atoms with Crippen LogP contribution in [0.25, 0.3) is 15.8 Å². The summed E-state index contributed by atoms with van der Waals surface area (Å²) in [5.74, 6) is 0.786. The number of ether oxygens (including phenoxy) is 3. The molecule has 320 valence electrons. The van der Waals surface area contributed by atoms with Gasteiger partial charge in [0.1, 0.15) is 35.3 Å². The van der Waals surface area contributed by atoms with Gasteiger partial charge in [-0.3, -0.25) is 34.1 Å². The second-order valence-corrected chi connectivity index (χ2v) is 16.5. The number of halogens is 1. The zero-order chi connectivity index (χ0) is 43.3. The number of nitrogens with one attached hydrogen (secondary N) is 3. The summed E-state index contributed by atoms with van der Waals surface area (Å²) in [5, 5.41) is 24.3. The van der Waals surface area contributed by atoms with Crippen molar-refractivity contribution >= 4 is 68.5 Å². The van der Waals surface area contributed by atoms with Gasteiger partial charge in [-0.2, -0.15) is 5.10 Å². The molecule has 0 saturated carbocycles. The molecule has 8 rings (SSSR count). The minimum absolute atomic E-state index is 0.0388. The van der Waals surface area contributed by atoms with Crippen LogP contribution in [-0.4, -0.2) is 87.6 Å². The van der Waals surface area contributed by atoms with Crippen molar-refractivity contribution in [3.8, 4) is 10.8 Å². The van der Waals surface area contributed by atoms with Crippen molar-refractivity contribution in [2.45, 2.75) is 52.1 Å². The van der Waals surface area contributed by atoms with Crippen molar-refractivity contribution in [2.75, 3.05) is 50.2 Å². The van der Waals surface area contributed by atoms with Crippen LogP contribution in [0.4, 0.5) is 11.4 Å². The van der Waals surface area contributed by atoms with Crippen molar-refractivity contribution < 1.29 is 28.6 Å². The van der Waals surface area contributed by atoms with E-state index in [1.54, 1.807) is 41.8 Å². The highest BCUT2D eigenvalue weighted by Gasteiger charge is 2.33. The van der Waals surface area contributed by atoms with Crippen LogP contribution in [0.3, 0.4) is 0 Å². The Hall–Kier alpha value is -6.27. The number of thiophene rings is 1. The molecule has 0 spiro atoms. The van der Waals surface area contributed by atoms with Crippen LogP contribution in [0.5, 0.6) is 5.75 Å². The largest absolute Gasteiger partial charge is 0.491 e. The molecule has 2 atom stereocenters. The quantitative estimate of drug-likeness (QED) is 0.0759. The first-order valence-corrected chi connectivity index (χ1v) is 21.4. The smallest absolute Gasteiger partial charge is 0.275 e. The van der Waals surface area contributed by atoms with E-state index in [9.17, 15) is 19.2 Å². The number of rotatable bonds is 16. The van der Waals surface area contributed by atoms with Crippen LogP contribution >= 0.6 is 22.9 Å². The van der Waals surface area contributed by atoms with Gasteiger partial charge in [-0.25, -0.2) is 4.68 Å². The maximum absolute atomic E-state index is 13.6. The lowest BCUT2D eigenvalue weighted by molar-refractivity contribution is -0.136. The predicted molar refractivity (Wildman–Crippen MR) is 236 cm³/mol. The van der Waals surface area contributed by atoms with Crippen LogP contribution in [0.15, 0.2) is 82.7 Å². The molecule has 16 nitrogen and oxygen atoms in total. The Bertz CT molecular complexity index is 2750. The summed E-state index contributed by atoms with van der Waals surface area (Å²) in [7, 11) is 0. The third-order valence-electron chi connectivity index (χ3n) is 10.6. The lowest BCUT2D eigenvalue weighted by Gasteiger charge is -2.21. The molecule has 1 saturated heterocycles. The first kappa shape index (κ1) is 42.4. The Labute approximate surface area is 365 Å². The maximum atomic E-state index is 13.6. The molecule has 0 radical (unpaired) electrons. The van der Waals surface area contributed by atoms with Gasteiger partial charge in [0.05, 0.1) is 50.1 Å². The predicted octanol–water partition coefficient (Wildman–Crippen LogP) is 6.04. The number of aliphatic imine (C=N–C) groups is 1. The Balaban J connectivity index is 0.783. The van der Waals surface area contributed by atoms with E-state index < -0.39 is 23.6 Å². The second kappa shape index (κ2) is 18.8. The molecule has 0 bridgehead atoms. The molecule has 3 amide bonds. The molecule has 3 N–H and O–H groups in total. The van der Waals surface area contributed by atoms with E-state index in [4.69, 9.17) is 30.8 Å². The fourth-order valence-electron chi connectivity index (χ4n) is 7.39. The number of fused-ring (bicyclic) bond motifs is 4. The van der Waals surface area contributed by atoms with E-state index in [0.29, 0.717) is 72.6 Å². The molecule has 5 heterocycles. The average Bonchev–Trinajstić information content (AvgIpc) is 3.73. The van der Waals surface area contributed by atoms with Crippen LogP contribution in [-0.2, 0) is 23.9 Å². The molecule has 1 unspecified atom stereocenters. The topological polar surface area (TPSA) is 193 Å². The summed E-state index contributed by atoms with van der Waals surface area (Å²) < 4.78 is 20.5. The standard InChI is InChI=1S/C44H44ClN9O7S/c1-25-26(2)62-44-39(25)40(28-7-10-30(45)11-8-28)49-35(41-52-51-27(3)53(41)44)23-38(56)48-32-5-4-6-33(21-32)61-20-19-60-18-17-59-16-15-46-31-12-9-29-24-47-54(43(58)34(29)22-31)36-13-14-37(55)50-42(36)57/h4-12,21-22,24,35-36,46H,13-20,23H2,1-3H3,(H,48,56)(H,50,55,57)/t35-,36?/m0/s1. The Morgan fingerprint density at radius 1 is 0.935 bits per heavy atom. The van der Waals surface area contributed by atoms with Gasteiger partial charge in [0, 0.05) is 56.8 Å². The van der Waals surface area contributed by atoms with Gasteiger partial charge in [0.2, 0.25) is 11.8 Å². The summed E-state index contributed by atoms with van der Waals surface area (Å²) in [6.07, 6.45) is 1.96. The number of hydrogen-bond acceptors (Lipinski definition) is 13. The molecule has 1 fully saturated rings. The Morgan fingerprint density at radius 2 is 1.73 bits per heavy atom. The van der Waals surface area contributed by atoms with Crippen LogP contribution in [0.2, 0.25) is 5.02 Å². The van der Waals surface area contributed by atoms with Crippen molar-refractivity contribution in [1.82, 2.24) is 29.9 Å².